The van der Waals surface area contributed by atoms with Crippen molar-refractivity contribution >= 4 is 40.4 Å². The molecule has 47 heavy (non-hydrogen) atoms. The van der Waals surface area contributed by atoms with Crippen molar-refractivity contribution in [2.45, 2.75) is 44.7 Å². The van der Waals surface area contributed by atoms with Crippen molar-refractivity contribution in [1.82, 2.24) is 35.1 Å². The van der Waals surface area contributed by atoms with Crippen molar-refractivity contribution < 1.29 is 9.18 Å². The van der Waals surface area contributed by atoms with Crippen LogP contribution in [0.1, 0.15) is 42.1 Å². The third-order valence-corrected chi connectivity index (χ3v) is 7.85. The zero-order valence-corrected chi connectivity index (χ0v) is 26.5. The number of amides is 1. The van der Waals surface area contributed by atoms with E-state index in [0.717, 1.165) is 18.4 Å². The first-order chi connectivity index (χ1) is 22.6. The lowest BCUT2D eigenvalue weighted by atomic mass is 10.0. The molecule has 10 N–H and O–H groups in total. The molecule has 0 saturated carbocycles. The van der Waals surface area contributed by atoms with Crippen LogP contribution in [0.2, 0.25) is 5.02 Å². The van der Waals surface area contributed by atoms with Crippen LogP contribution >= 0.6 is 11.6 Å². The van der Waals surface area contributed by atoms with E-state index in [1.807, 2.05) is 6.92 Å². The topological polar surface area (TPSA) is 208 Å². The number of benzene rings is 2. The third kappa shape index (κ3) is 8.54. The van der Waals surface area contributed by atoms with Gasteiger partial charge in [0, 0.05) is 60.3 Å². The zero-order chi connectivity index (χ0) is 33.5. The molecule has 0 spiro atoms. The van der Waals surface area contributed by atoms with Gasteiger partial charge in [0.05, 0.1) is 16.4 Å². The lowest BCUT2D eigenvalue weighted by Crippen LogP contribution is -2.43. The minimum absolute atomic E-state index is 0.0152. The number of imidazole rings is 1. The van der Waals surface area contributed by atoms with Crippen LogP contribution in [0.5, 0.6) is 0 Å². The number of nitrogens with one attached hydrogen (secondary N) is 6. The highest BCUT2D eigenvalue weighted by Crippen LogP contribution is 2.31. The van der Waals surface area contributed by atoms with Crippen molar-refractivity contribution in [3.63, 3.8) is 0 Å². The van der Waals surface area contributed by atoms with E-state index in [2.05, 4.69) is 35.9 Å². The van der Waals surface area contributed by atoms with Gasteiger partial charge in [-0.05, 0) is 80.6 Å². The summed E-state index contributed by atoms with van der Waals surface area (Å²) in [6.45, 7) is 2.71. The van der Waals surface area contributed by atoms with Crippen LogP contribution in [-0.2, 0) is 6.42 Å². The monoisotopic (exact) mass is 661 g/mol. The van der Waals surface area contributed by atoms with Crippen LogP contribution < -0.4 is 33.1 Å². The Kier molecular flexibility index (Phi) is 10.5. The predicted octanol–water partition coefficient (Wildman–Crippen LogP) is 3.65. The van der Waals surface area contributed by atoms with Gasteiger partial charge in [0.15, 0.2) is 17.7 Å². The lowest BCUT2D eigenvalue weighted by molar-refractivity contribution is 0.0937. The Morgan fingerprint density at radius 2 is 1.98 bits per heavy atom. The number of H-pyrrole nitrogens is 2. The van der Waals surface area contributed by atoms with Crippen LogP contribution in [0.15, 0.2) is 65.8 Å². The van der Waals surface area contributed by atoms with Gasteiger partial charge < -0.3 is 37.4 Å². The van der Waals surface area contributed by atoms with Gasteiger partial charge in [-0.1, -0.05) is 11.6 Å². The second-order valence-corrected chi connectivity index (χ2v) is 11.8. The molecule has 0 radical (unpaired) electrons. The summed E-state index contributed by atoms with van der Waals surface area (Å²) in [7, 11) is 0. The third-order valence-electron chi connectivity index (χ3n) is 7.58. The Bertz CT molecular complexity index is 1900. The van der Waals surface area contributed by atoms with Gasteiger partial charge >= 0.3 is 5.69 Å². The highest BCUT2D eigenvalue weighted by molar-refractivity contribution is 6.31. The normalized spacial score (nSPS) is 12.5. The number of aromatic nitrogens is 5. The van der Waals surface area contributed by atoms with E-state index < -0.39 is 11.5 Å². The lowest BCUT2D eigenvalue weighted by Gasteiger charge is -2.20. The number of hydrogen-bond donors (Lipinski definition) is 8. The van der Waals surface area contributed by atoms with Gasteiger partial charge in [-0.25, -0.2) is 14.2 Å². The molecule has 2 aromatic carbocycles. The molecule has 5 rings (SSSR count). The number of fused-ring (bicyclic) bond motifs is 1. The molecule has 13 nitrogen and oxygen atoms in total. The fraction of sp³-hybridized carbons (Fsp3) is 0.281. The van der Waals surface area contributed by atoms with Gasteiger partial charge in [0.1, 0.15) is 5.65 Å². The summed E-state index contributed by atoms with van der Waals surface area (Å²) >= 11 is 6.24. The standard InChI is InChI=1S/C32H37ClFN11O2/c1-18(35)3-2-4-19-13-24(27(34)25(33)14-19)26-15-21-17-45(32(47)44-28(21)43-26)23-7-5-20(6-8-23)29(46)42-22(9-10-38-30(36)37)16-41-31-39-11-12-40-31/h5-8,11-15,17-18,22H,2-4,9-10,16,35H2,1H3,(H,42,46)(H4,36,37,38)(H2,39,40,41)(H,43,44,47)/t18-,22+/m0/s1. The van der Waals surface area contributed by atoms with E-state index >= 15 is 4.39 Å². The minimum Gasteiger partial charge on any atom is -0.370 e. The maximum absolute atomic E-state index is 15.1. The number of nitrogens with two attached hydrogens (primary N) is 2. The van der Waals surface area contributed by atoms with E-state index in [0.29, 0.717) is 59.9 Å². The van der Waals surface area contributed by atoms with E-state index in [-0.39, 0.29) is 34.5 Å². The molecule has 0 unspecified atom stereocenters. The number of aryl methyl sites for hydroxylation is 1. The molecule has 0 fully saturated rings. The van der Waals surface area contributed by atoms with Gasteiger partial charge in [-0.2, -0.15) is 4.98 Å². The van der Waals surface area contributed by atoms with E-state index in [1.54, 1.807) is 61.1 Å². The van der Waals surface area contributed by atoms with Crippen molar-refractivity contribution in [2.75, 3.05) is 18.4 Å². The van der Waals surface area contributed by atoms with E-state index in [9.17, 15) is 9.59 Å². The Hall–Kier alpha value is -5.21. The van der Waals surface area contributed by atoms with Gasteiger partial charge in [0.25, 0.3) is 5.91 Å². The highest BCUT2D eigenvalue weighted by atomic mass is 35.5. The number of hydrogen-bond acceptors (Lipinski definition) is 7. The summed E-state index contributed by atoms with van der Waals surface area (Å²) in [6.07, 6.45) is 7.78. The largest absolute Gasteiger partial charge is 0.370 e. The number of rotatable bonds is 14. The molecule has 2 atom stereocenters. The second-order valence-electron chi connectivity index (χ2n) is 11.4. The van der Waals surface area contributed by atoms with Crippen molar-refractivity contribution in [3.05, 3.63) is 93.5 Å². The average Bonchev–Trinajstić information content (AvgIpc) is 3.70. The molecular weight excluding hydrogens is 625 g/mol. The number of aromatic amines is 2. The van der Waals surface area contributed by atoms with Crippen LogP contribution in [-0.4, -0.2) is 61.5 Å². The van der Waals surface area contributed by atoms with Gasteiger partial charge in [-0.15, -0.1) is 0 Å². The number of guanidine groups is 1. The molecule has 0 aliphatic heterocycles. The first kappa shape index (κ1) is 33.2. The van der Waals surface area contributed by atoms with Crippen LogP contribution in [0, 0.1) is 11.2 Å². The predicted molar refractivity (Wildman–Crippen MR) is 182 cm³/mol. The molecule has 0 aliphatic rings. The fourth-order valence-corrected chi connectivity index (χ4v) is 5.41. The SMILES string of the molecule is C[C@H](N)CCCc1cc(Cl)c(F)c(-c2cc3cn(-c4ccc(C(=O)N[C@H](CCNC(=N)N)CNc5ncc[nH]5)cc4)c(=O)nc3[nH]2)c1. The van der Waals surface area contributed by atoms with Crippen molar-refractivity contribution in [3.8, 4) is 16.9 Å². The van der Waals surface area contributed by atoms with Crippen molar-refractivity contribution in [1.29, 1.82) is 5.41 Å². The molecular formula is C32H37ClFN11O2. The molecule has 3 aromatic heterocycles. The average molecular weight is 662 g/mol. The zero-order valence-electron chi connectivity index (χ0n) is 25.7. The molecule has 15 heteroatoms. The second kappa shape index (κ2) is 14.9. The quantitative estimate of drug-likeness (QED) is 0.0649. The first-order valence-corrected chi connectivity index (χ1v) is 15.5. The molecule has 3 heterocycles. The number of carbonyl (C=O) groups excluding carboxylic acids is 1. The summed E-state index contributed by atoms with van der Waals surface area (Å²) < 4.78 is 16.5. The first-order valence-electron chi connectivity index (χ1n) is 15.2. The van der Waals surface area contributed by atoms with Crippen molar-refractivity contribution in [2.24, 2.45) is 11.5 Å². The summed E-state index contributed by atoms with van der Waals surface area (Å²) in [6, 6.07) is 11.4. The highest BCUT2D eigenvalue weighted by Gasteiger charge is 2.17. The molecule has 0 aliphatic carbocycles. The van der Waals surface area contributed by atoms with Crippen LogP contribution in [0.3, 0.4) is 0 Å². The molecule has 0 saturated heterocycles. The Morgan fingerprint density at radius 3 is 2.68 bits per heavy atom. The minimum atomic E-state index is -0.563. The molecule has 1 amide bonds. The molecule has 0 bridgehead atoms. The van der Waals surface area contributed by atoms with Crippen LogP contribution in [0.25, 0.3) is 28.0 Å². The van der Waals surface area contributed by atoms with Gasteiger partial charge in [-0.3, -0.25) is 14.8 Å². The van der Waals surface area contributed by atoms with Gasteiger partial charge in [0.2, 0.25) is 0 Å². The van der Waals surface area contributed by atoms with E-state index in [4.69, 9.17) is 28.5 Å². The number of carbonyl (C=O) groups is 1. The molecule has 246 valence electrons. The summed E-state index contributed by atoms with van der Waals surface area (Å²) in [5, 5.41) is 16.8. The maximum atomic E-state index is 15.1. The number of anilines is 1. The van der Waals surface area contributed by atoms with Crippen LogP contribution in [0.4, 0.5) is 10.3 Å². The Labute approximate surface area is 274 Å². The Morgan fingerprint density at radius 1 is 1.19 bits per heavy atom. The number of halogens is 2. The summed E-state index contributed by atoms with van der Waals surface area (Å²) in [4.78, 5) is 40.4. The van der Waals surface area contributed by atoms with E-state index in [1.165, 1.54) is 4.57 Å². The number of nitrogens with zero attached hydrogens (tertiary/aromatic N) is 3. The smallest absolute Gasteiger partial charge is 0.354 e. The summed E-state index contributed by atoms with van der Waals surface area (Å²) in [5.41, 5.74) is 13.5. The Balaban J connectivity index is 1.32. The molecule has 5 aromatic rings. The fourth-order valence-electron chi connectivity index (χ4n) is 5.17. The summed E-state index contributed by atoms with van der Waals surface area (Å²) in [5.74, 6) is -0.471. The maximum Gasteiger partial charge on any atom is 0.354 e.